The van der Waals surface area contributed by atoms with E-state index in [1.807, 2.05) is 0 Å². The van der Waals surface area contributed by atoms with Gasteiger partial charge in [0.25, 0.3) is 0 Å². The Balaban J connectivity index is 1.90. The Morgan fingerprint density at radius 2 is 1.91 bits per heavy atom. The number of halogens is 3. The Bertz CT molecular complexity index is 587. The van der Waals surface area contributed by atoms with Gasteiger partial charge in [0.2, 0.25) is 5.82 Å². The standard InChI is InChI=1S/C16H20F3NO3/c1-16(2,3)23-15(21)20-7-6-10(8-20)9-22-14-12(18)5-4-11(17)13(14)19/h4-5,10H,6-9H2,1-3H3/t10-/m1/s1. The molecule has 0 radical (unpaired) electrons. The van der Waals surface area contributed by atoms with E-state index in [-0.39, 0.29) is 12.5 Å². The molecule has 7 heteroatoms. The quantitative estimate of drug-likeness (QED) is 0.792. The van der Waals surface area contributed by atoms with E-state index in [4.69, 9.17) is 9.47 Å². The predicted molar refractivity (Wildman–Crippen MR) is 77.7 cm³/mol. The van der Waals surface area contributed by atoms with Crippen LogP contribution in [0.15, 0.2) is 12.1 Å². The molecule has 23 heavy (non-hydrogen) atoms. The minimum atomic E-state index is -1.34. The molecule has 0 bridgehead atoms. The third kappa shape index (κ3) is 4.53. The lowest BCUT2D eigenvalue weighted by atomic mass is 10.1. The van der Waals surface area contributed by atoms with E-state index >= 15 is 0 Å². The molecule has 1 atom stereocenters. The van der Waals surface area contributed by atoms with Crippen LogP contribution < -0.4 is 4.74 Å². The fraction of sp³-hybridized carbons (Fsp3) is 0.562. The van der Waals surface area contributed by atoms with Crippen LogP contribution >= 0.6 is 0 Å². The summed E-state index contributed by atoms with van der Waals surface area (Å²) in [6.07, 6.45) is 0.195. The summed E-state index contributed by atoms with van der Waals surface area (Å²) in [5.41, 5.74) is -0.584. The molecule has 1 aliphatic rings. The molecule has 1 heterocycles. The van der Waals surface area contributed by atoms with Crippen molar-refractivity contribution < 1.29 is 27.4 Å². The highest BCUT2D eigenvalue weighted by Crippen LogP contribution is 2.26. The summed E-state index contributed by atoms with van der Waals surface area (Å²) >= 11 is 0. The number of hydrogen-bond acceptors (Lipinski definition) is 3. The number of rotatable bonds is 3. The van der Waals surface area contributed by atoms with Crippen LogP contribution in [0.4, 0.5) is 18.0 Å². The van der Waals surface area contributed by atoms with E-state index in [0.29, 0.717) is 25.6 Å². The molecule has 1 amide bonds. The summed E-state index contributed by atoms with van der Waals surface area (Å²) in [4.78, 5) is 13.5. The maximum atomic E-state index is 13.5. The van der Waals surface area contributed by atoms with E-state index in [2.05, 4.69) is 0 Å². The molecule has 2 rings (SSSR count). The van der Waals surface area contributed by atoms with Gasteiger partial charge in [0.15, 0.2) is 17.4 Å². The van der Waals surface area contributed by atoms with Crippen LogP contribution in [0.3, 0.4) is 0 Å². The molecule has 0 aromatic heterocycles. The number of likely N-dealkylation sites (tertiary alicyclic amines) is 1. The highest BCUT2D eigenvalue weighted by molar-refractivity contribution is 5.68. The first kappa shape index (κ1) is 17.4. The van der Waals surface area contributed by atoms with Crippen molar-refractivity contribution in [2.45, 2.75) is 32.8 Å². The fourth-order valence-electron chi connectivity index (χ4n) is 2.30. The number of benzene rings is 1. The van der Waals surface area contributed by atoms with E-state index in [0.717, 1.165) is 6.07 Å². The predicted octanol–water partition coefficient (Wildman–Crippen LogP) is 3.74. The molecule has 0 spiro atoms. The molecular formula is C16H20F3NO3. The van der Waals surface area contributed by atoms with Crippen LogP contribution in [0.5, 0.6) is 5.75 Å². The molecule has 0 N–H and O–H groups in total. The highest BCUT2D eigenvalue weighted by atomic mass is 19.2. The molecule has 0 saturated carbocycles. The average Bonchev–Trinajstić information content (AvgIpc) is 2.90. The van der Waals surface area contributed by atoms with Crippen molar-refractivity contribution in [1.82, 2.24) is 4.90 Å². The minimum Gasteiger partial charge on any atom is -0.487 e. The van der Waals surface area contributed by atoms with Crippen LogP contribution in [0.1, 0.15) is 27.2 Å². The van der Waals surface area contributed by atoms with Crippen molar-refractivity contribution in [2.75, 3.05) is 19.7 Å². The van der Waals surface area contributed by atoms with Gasteiger partial charge in [0, 0.05) is 19.0 Å². The van der Waals surface area contributed by atoms with Crippen LogP contribution in [0.2, 0.25) is 0 Å². The van der Waals surface area contributed by atoms with E-state index in [9.17, 15) is 18.0 Å². The lowest BCUT2D eigenvalue weighted by molar-refractivity contribution is 0.0284. The van der Waals surface area contributed by atoms with Crippen molar-refractivity contribution in [3.05, 3.63) is 29.6 Å². The van der Waals surface area contributed by atoms with Crippen LogP contribution in [0.25, 0.3) is 0 Å². The Morgan fingerprint density at radius 1 is 1.26 bits per heavy atom. The molecule has 1 aromatic rings. The topological polar surface area (TPSA) is 38.8 Å². The zero-order chi connectivity index (χ0) is 17.2. The first-order valence-electron chi connectivity index (χ1n) is 7.41. The number of carbonyl (C=O) groups excluding carboxylic acids is 1. The Kier molecular flexibility index (Phi) is 5.06. The van der Waals surface area contributed by atoms with Gasteiger partial charge in [-0.2, -0.15) is 4.39 Å². The third-order valence-electron chi connectivity index (χ3n) is 3.40. The Hall–Kier alpha value is -1.92. The Labute approximate surface area is 133 Å². The van der Waals surface area contributed by atoms with Gasteiger partial charge < -0.3 is 14.4 Å². The van der Waals surface area contributed by atoms with Gasteiger partial charge in [0.05, 0.1) is 6.61 Å². The first-order chi connectivity index (χ1) is 10.7. The second kappa shape index (κ2) is 6.68. The number of hydrogen-bond donors (Lipinski definition) is 0. The average molecular weight is 331 g/mol. The molecule has 1 fully saturated rings. The molecule has 0 aliphatic carbocycles. The van der Waals surface area contributed by atoms with Crippen molar-refractivity contribution in [2.24, 2.45) is 5.92 Å². The summed E-state index contributed by atoms with van der Waals surface area (Å²) in [5, 5.41) is 0. The second-order valence-electron chi connectivity index (χ2n) is 6.56. The first-order valence-corrected chi connectivity index (χ1v) is 7.41. The van der Waals surface area contributed by atoms with Gasteiger partial charge in [-0.25, -0.2) is 13.6 Å². The molecule has 1 aromatic carbocycles. The second-order valence-corrected chi connectivity index (χ2v) is 6.56. The maximum Gasteiger partial charge on any atom is 0.410 e. The molecule has 128 valence electrons. The summed E-state index contributed by atoms with van der Waals surface area (Å²) in [7, 11) is 0. The zero-order valence-electron chi connectivity index (χ0n) is 13.4. The third-order valence-corrected chi connectivity index (χ3v) is 3.40. The molecular weight excluding hydrogens is 311 g/mol. The van der Waals surface area contributed by atoms with Crippen molar-refractivity contribution in [3.63, 3.8) is 0 Å². The number of amides is 1. The number of carbonyl (C=O) groups is 1. The van der Waals surface area contributed by atoms with Crippen LogP contribution in [-0.2, 0) is 4.74 Å². The number of ether oxygens (including phenoxy) is 2. The van der Waals surface area contributed by atoms with Gasteiger partial charge in [-0.1, -0.05) is 0 Å². The van der Waals surface area contributed by atoms with E-state index in [1.165, 1.54) is 4.90 Å². The van der Waals surface area contributed by atoms with Crippen LogP contribution in [0, 0.1) is 23.4 Å². The molecule has 0 unspecified atom stereocenters. The molecule has 4 nitrogen and oxygen atoms in total. The molecule has 1 saturated heterocycles. The smallest absolute Gasteiger partial charge is 0.410 e. The summed E-state index contributed by atoms with van der Waals surface area (Å²) in [5.74, 6) is -4.27. The largest absolute Gasteiger partial charge is 0.487 e. The van der Waals surface area contributed by atoms with Crippen molar-refractivity contribution >= 4 is 6.09 Å². The summed E-state index contributed by atoms with van der Waals surface area (Å²) in [6, 6.07) is 1.52. The van der Waals surface area contributed by atoms with Gasteiger partial charge >= 0.3 is 6.09 Å². The lowest BCUT2D eigenvalue weighted by Gasteiger charge is -2.24. The SMILES string of the molecule is CC(C)(C)OC(=O)N1CC[C@@H](COc2c(F)ccc(F)c2F)C1. The van der Waals surface area contributed by atoms with Gasteiger partial charge in [-0.05, 0) is 39.3 Å². The highest BCUT2D eigenvalue weighted by Gasteiger charge is 2.30. The lowest BCUT2D eigenvalue weighted by Crippen LogP contribution is -2.35. The van der Waals surface area contributed by atoms with Crippen molar-refractivity contribution in [1.29, 1.82) is 0 Å². The Morgan fingerprint density at radius 3 is 2.57 bits per heavy atom. The molecule has 1 aliphatic heterocycles. The maximum absolute atomic E-state index is 13.5. The van der Waals surface area contributed by atoms with Crippen molar-refractivity contribution in [3.8, 4) is 5.75 Å². The van der Waals surface area contributed by atoms with Gasteiger partial charge in [-0.15, -0.1) is 0 Å². The number of nitrogens with zero attached hydrogens (tertiary/aromatic N) is 1. The van der Waals surface area contributed by atoms with Gasteiger partial charge in [-0.3, -0.25) is 0 Å². The van der Waals surface area contributed by atoms with Gasteiger partial charge in [0.1, 0.15) is 5.60 Å². The monoisotopic (exact) mass is 331 g/mol. The minimum absolute atomic E-state index is 0.00338. The normalized spacial score (nSPS) is 18.2. The van der Waals surface area contributed by atoms with E-state index in [1.54, 1.807) is 20.8 Å². The summed E-state index contributed by atoms with van der Waals surface area (Å²) in [6.45, 7) is 6.17. The summed E-state index contributed by atoms with van der Waals surface area (Å²) < 4.78 is 50.4. The van der Waals surface area contributed by atoms with E-state index < -0.39 is 34.9 Å². The van der Waals surface area contributed by atoms with Crippen LogP contribution in [-0.4, -0.2) is 36.3 Å². The fourth-order valence-corrected chi connectivity index (χ4v) is 2.30. The zero-order valence-corrected chi connectivity index (χ0v) is 13.4.